The zero-order valence-electron chi connectivity index (χ0n) is 20.0. The molecule has 1 saturated heterocycles. The zero-order chi connectivity index (χ0) is 26.9. The topological polar surface area (TPSA) is 85.3 Å². The first-order chi connectivity index (χ1) is 17.6. The molecular formula is C27H22F3NO6. The van der Waals surface area contributed by atoms with Crippen LogP contribution in [0.25, 0.3) is 5.76 Å². The van der Waals surface area contributed by atoms with Gasteiger partial charge in [-0.15, -0.1) is 0 Å². The van der Waals surface area contributed by atoms with Crippen LogP contribution in [0.15, 0.2) is 72.3 Å². The van der Waals surface area contributed by atoms with Gasteiger partial charge < -0.3 is 19.3 Å². The molecule has 192 valence electrons. The zero-order valence-corrected chi connectivity index (χ0v) is 20.0. The standard InChI is InChI=1S/C27H22F3NO6/c1-35-19-10-7-15(8-11-19)24(32)22-23(16-9-12-20(36-2)21(13-16)37-3)31(26(34)25(22)33)18-6-4-5-17(14-18)27(28,29)30/h4-14,23,32H,1-3H3/b24-22+/t23-/m1/s1. The maximum atomic E-state index is 13.5. The molecular weight excluding hydrogens is 491 g/mol. The van der Waals surface area contributed by atoms with Crippen LogP contribution in [0.4, 0.5) is 18.9 Å². The average Bonchev–Trinajstić information content (AvgIpc) is 3.17. The minimum atomic E-state index is -4.68. The Morgan fingerprint density at radius 1 is 0.865 bits per heavy atom. The fraction of sp³-hybridized carbons (Fsp3) is 0.185. The van der Waals surface area contributed by atoms with Gasteiger partial charge in [-0.1, -0.05) is 12.1 Å². The third kappa shape index (κ3) is 4.69. The molecule has 37 heavy (non-hydrogen) atoms. The summed E-state index contributed by atoms with van der Waals surface area (Å²) in [4.78, 5) is 27.4. The van der Waals surface area contributed by atoms with Gasteiger partial charge in [-0.25, -0.2) is 0 Å². The maximum Gasteiger partial charge on any atom is 0.416 e. The van der Waals surface area contributed by atoms with Crippen molar-refractivity contribution >= 4 is 23.1 Å². The van der Waals surface area contributed by atoms with Crippen molar-refractivity contribution in [2.45, 2.75) is 12.2 Å². The number of nitrogens with zero attached hydrogens (tertiary/aromatic N) is 1. The quantitative estimate of drug-likeness (QED) is 0.272. The Kier molecular flexibility index (Phi) is 6.84. The van der Waals surface area contributed by atoms with Crippen LogP contribution in [0.3, 0.4) is 0 Å². The molecule has 4 rings (SSSR count). The molecule has 1 fully saturated rings. The third-order valence-electron chi connectivity index (χ3n) is 5.98. The lowest BCUT2D eigenvalue weighted by Crippen LogP contribution is -2.29. The lowest BCUT2D eigenvalue weighted by molar-refractivity contribution is -0.137. The summed E-state index contributed by atoms with van der Waals surface area (Å²) in [6, 6.07) is 13.5. The lowest BCUT2D eigenvalue weighted by Gasteiger charge is -2.26. The van der Waals surface area contributed by atoms with Gasteiger partial charge in [0, 0.05) is 11.3 Å². The van der Waals surface area contributed by atoms with E-state index in [-0.39, 0.29) is 22.6 Å². The van der Waals surface area contributed by atoms with Gasteiger partial charge in [0.25, 0.3) is 11.7 Å². The van der Waals surface area contributed by atoms with Crippen LogP contribution in [-0.4, -0.2) is 38.1 Å². The van der Waals surface area contributed by atoms with E-state index in [9.17, 15) is 27.9 Å². The average molecular weight is 513 g/mol. The molecule has 1 atom stereocenters. The van der Waals surface area contributed by atoms with Gasteiger partial charge in [0.2, 0.25) is 0 Å². The summed E-state index contributed by atoms with van der Waals surface area (Å²) in [6.07, 6.45) is -4.68. The number of hydrogen-bond acceptors (Lipinski definition) is 6. The van der Waals surface area contributed by atoms with Crippen LogP contribution in [0.1, 0.15) is 22.7 Å². The molecule has 1 aliphatic rings. The molecule has 10 heteroatoms. The number of hydrogen-bond donors (Lipinski definition) is 1. The van der Waals surface area contributed by atoms with E-state index in [1.54, 1.807) is 18.2 Å². The summed E-state index contributed by atoms with van der Waals surface area (Å²) in [5, 5.41) is 11.2. The number of rotatable bonds is 6. The molecule has 0 saturated carbocycles. The van der Waals surface area contributed by atoms with Crippen LogP contribution < -0.4 is 19.1 Å². The van der Waals surface area contributed by atoms with Crippen LogP contribution in [-0.2, 0) is 15.8 Å². The number of aliphatic hydroxyl groups is 1. The molecule has 1 heterocycles. The van der Waals surface area contributed by atoms with Gasteiger partial charge in [0.1, 0.15) is 11.5 Å². The number of aliphatic hydroxyl groups excluding tert-OH is 1. The van der Waals surface area contributed by atoms with E-state index < -0.39 is 35.2 Å². The van der Waals surface area contributed by atoms with Crippen molar-refractivity contribution in [2.24, 2.45) is 0 Å². The highest BCUT2D eigenvalue weighted by Crippen LogP contribution is 2.45. The number of anilines is 1. The first-order valence-electron chi connectivity index (χ1n) is 10.9. The summed E-state index contributed by atoms with van der Waals surface area (Å²) < 4.78 is 56.1. The number of carbonyl (C=O) groups is 2. The second-order valence-corrected chi connectivity index (χ2v) is 8.06. The molecule has 3 aromatic carbocycles. The minimum Gasteiger partial charge on any atom is -0.507 e. The number of methoxy groups -OCH3 is 3. The Balaban J connectivity index is 1.96. The SMILES string of the molecule is COc1ccc(/C(O)=C2\C(=O)C(=O)N(c3cccc(C(F)(F)F)c3)[C@@H]2c2ccc(OC)c(OC)c2)cc1. The van der Waals surface area contributed by atoms with Crippen LogP contribution >= 0.6 is 0 Å². The highest BCUT2D eigenvalue weighted by atomic mass is 19.4. The summed E-state index contributed by atoms with van der Waals surface area (Å²) in [6.45, 7) is 0. The molecule has 1 N–H and O–H groups in total. The van der Waals surface area contributed by atoms with Gasteiger partial charge in [0.15, 0.2) is 11.5 Å². The van der Waals surface area contributed by atoms with Crippen LogP contribution in [0, 0.1) is 0 Å². The molecule has 1 aliphatic heterocycles. The molecule has 0 aromatic heterocycles. The Morgan fingerprint density at radius 2 is 1.54 bits per heavy atom. The van der Waals surface area contributed by atoms with E-state index in [0.29, 0.717) is 17.1 Å². The Morgan fingerprint density at radius 3 is 2.14 bits per heavy atom. The lowest BCUT2D eigenvalue weighted by atomic mass is 9.94. The van der Waals surface area contributed by atoms with E-state index in [1.807, 2.05) is 0 Å². The molecule has 0 radical (unpaired) electrons. The first-order valence-corrected chi connectivity index (χ1v) is 10.9. The number of alkyl halides is 3. The molecule has 1 amide bonds. The van der Waals surface area contributed by atoms with Gasteiger partial charge >= 0.3 is 6.18 Å². The largest absolute Gasteiger partial charge is 0.507 e. The Bertz CT molecular complexity index is 1380. The van der Waals surface area contributed by atoms with Crippen LogP contribution in [0.5, 0.6) is 17.2 Å². The predicted molar refractivity (Wildman–Crippen MR) is 129 cm³/mol. The monoisotopic (exact) mass is 513 g/mol. The molecule has 0 bridgehead atoms. The number of ketones is 1. The number of carbonyl (C=O) groups excluding carboxylic acids is 2. The molecule has 0 aliphatic carbocycles. The summed E-state index contributed by atoms with van der Waals surface area (Å²) in [7, 11) is 4.28. The third-order valence-corrected chi connectivity index (χ3v) is 5.98. The molecule has 0 spiro atoms. The summed E-state index contributed by atoms with van der Waals surface area (Å²) >= 11 is 0. The second kappa shape index (κ2) is 9.88. The highest BCUT2D eigenvalue weighted by Gasteiger charge is 2.47. The summed E-state index contributed by atoms with van der Waals surface area (Å²) in [5.74, 6) is -1.51. The predicted octanol–water partition coefficient (Wildman–Crippen LogP) is 5.36. The molecule has 7 nitrogen and oxygen atoms in total. The number of ether oxygens (including phenoxy) is 3. The van der Waals surface area contributed by atoms with Crippen molar-refractivity contribution in [3.05, 3.63) is 89.0 Å². The van der Waals surface area contributed by atoms with E-state index in [2.05, 4.69) is 0 Å². The molecule has 3 aromatic rings. The van der Waals surface area contributed by atoms with Crippen molar-refractivity contribution in [1.29, 1.82) is 0 Å². The van der Waals surface area contributed by atoms with Gasteiger partial charge in [0.05, 0.1) is 38.5 Å². The highest BCUT2D eigenvalue weighted by molar-refractivity contribution is 6.51. The Labute approximate surface area is 210 Å². The van der Waals surface area contributed by atoms with Gasteiger partial charge in [-0.3, -0.25) is 14.5 Å². The summed E-state index contributed by atoms with van der Waals surface area (Å²) in [5.41, 5.74) is -0.920. The van der Waals surface area contributed by atoms with Crippen molar-refractivity contribution in [3.63, 3.8) is 0 Å². The van der Waals surface area contributed by atoms with E-state index in [0.717, 1.165) is 23.1 Å². The smallest absolute Gasteiger partial charge is 0.416 e. The normalized spacial score (nSPS) is 17.1. The number of benzene rings is 3. The van der Waals surface area contributed by atoms with Crippen molar-refractivity contribution in [2.75, 3.05) is 26.2 Å². The minimum absolute atomic E-state index is 0.162. The van der Waals surface area contributed by atoms with Gasteiger partial charge in [-0.2, -0.15) is 13.2 Å². The first kappa shape index (κ1) is 25.6. The van der Waals surface area contributed by atoms with Crippen molar-refractivity contribution in [3.8, 4) is 17.2 Å². The maximum absolute atomic E-state index is 13.5. The molecule has 0 unspecified atom stereocenters. The number of amides is 1. The fourth-order valence-corrected chi connectivity index (χ4v) is 4.17. The number of halogens is 3. The van der Waals surface area contributed by atoms with Crippen molar-refractivity contribution < 1.29 is 42.1 Å². The fourth-order valence-electron chi connectivity index (χ4n) is 4.17. The van der Waals surface area contributed by atoms with Crippen LogP contribution in [0.2, 0.25) is 0 Å². The van der Waals surface area contributed by atoms with E-state index in [4.69, 9.17) is 14.2 Å². The van der Waals surface area contributed by atoms with Gasteiger partial charge in [-0.05, 0) is 60.2 Å². The van der Waals surface area contributed by atoms with Crippen molar-refractivity contribution in [1.82, 2.24) is 0 Å². The number of Topliss-reactive ketones (excluding diaryl/α,β-unsaturated/α-hetero) is 1. The van der Waals surface area contributed by atoms with E-state index >= 15 is 0 Å². The van der Waals surface area contributed by atoms with E-state index in [1.165, 1.54) is 51.7 Å². The Hall–Kier alpha value is -4.47. The second-order valence-electron chi connectivity index (χ2n) is 8.06.